The van der Waals surface area contributed by atoms with Gasteiger partial charge in [-0.25, -0.2) is 8.42 Å². The molecule has 7 heteroatoms. The highest BCUT2D eigenvalue weighted by Crippen LogP contribution is 2.24. The summed E-state index contributed by atoms with van der Waals surface area (Å²) < 4.78 is 25.2. The molecule has 1 saturated heterocycles. The van der Waals surface area contributed by atoms with Crippen LogP contribution in [-0.2, 0) is 14.8 Å². The zero-order valence-electron chi connectivity index (χ0n) is 13.4. The van der Waals surface area contributed by atoms with Gasteiger partial charge in [-0.05, 0) is 48.4 Å². The summed E-state index contributed by atoms with van der Waals surface area (Å²) in [5.74, 6) is -0.0772. The minimum Gasteiger partial charge on any atom is -0.322 e. The highest BCUT2D eigenvalue weighted by Gasteiger charge is 2.28. The number of sulfonamides is 1. The van der Waals surface area contributed by atoms with Crippen LogP contribution in [0.1, 0.15) is 12.0 Å². The van der Waals surface area contributed by atoms with Gasteiger partial charge >= 0.3 is 0 Å². The van der Waals surface area contributed by atoms with Crippen LogP contribution in [0.4, 0.5) is 11.4 Å². The lowest BCUT2D eigenvalue weighted by Gasteiger charge is -2.16. The number of carbonyl (C=O) groups is 1. The number of nitrogens with zero attached hydrogens (tertiary/aromatic N) is 1. The van der Waals surface area contributed by atoms with Crippen molar-refractivity contribution in [3.63, 3.8) is 0 Å². The van der Waals surface area contributed by atoms with Crippen molar-refractivity contribution in [1.82, 2.24) is 0 Å². The number of halogens is 1. The van der Waals surface area contributed by atoms with Gasteiger partial charge in [0.05, 0.1) is 11.4 Å². The second kappa shape index (κ2) is 7.29. The molecule has 1 aliphatic heterocycles. The molecule has 2 aromatic carbocycles. The van der Waals surface area contributed by atoms with Gasteiger partial charge < -0.3 is 5.32 Å². The average Bonchev–Trinajstić information content (AvgIpc) is 2.93. The number of hydrogen-bond acceptors (Lipinski definition) is 3. The summed E-state index contributed by atoms with van der Waals surface area (Å²) in [4.78, 5) is 11.9. The predicted octanol–water partition coefficient (Wildman–Crippen LogP) is 3.53. The Labute approximate surface area is 152 Å². The van der Waals surface area contributed by atoms with Crippen molar-refractivity contribution in [2.45, 2.75) is 6.42 Å². The Bertz CT molecular complexity index is 908. The smallest absolute Gasteiger partial charge is 0.248 e. The molecular formula is C18H17ClN2O3S. The van der Waals surface area contributed by atoms with Gasteiger partial charge in [0.25, 0.3) is 0 Å². The van der Waals surface area contributed by atoms with Crippen molar-refractivity contribution < 1.29 is 13.2 Å². The van der Waals surface area contributed by atoms with Crippen molar-refractivity contribution in [3.05, 3.63) is 65.2 Å². The average molecular weight is 377 g/mol. The summed E-state index contributed by atoms with van der Waals surface area (Å²) >= 11 is 5.87. The fraction of sp³-hybridized carbons (Fsp3) is 0.167. The summed E-state index contributed by atoms with van der Waals surface area (Å²) in [6.07, 6.45) is 3.73. The van der Waals surface area contributed by atoms with Crippen LogP contribution in [0.3, 0.4) is 0 Å². The van der Waals surface area contributed by atoms with E-state index in [1.165, 1.54) is 10.4 Å². The number of anilines is 2. The normalized spacial score (nSPS) is 16.3. The molecule has 0 aliphatic carbocycles. The van der Waals surface area contributed by atoms with E-state index in [-0.39, 0.29) is 11.7 Å². The number of benzene rings is 2. The van der Waals surface area contributed by atoms with E-state index in [0.29, 0.717) is 29.4 Å². The fourth-order valence-corrected chi connectivity index (χ4v) is 4.36. The third-order valence-corrected chi connectivity index (χ3v) is 5.90. The van der Waals surface area contributed by atoms with E-state index < -0.39 is 10.0 Å². The molecular weight excluding hydrogens is 360 g/mol. The molecule has 1 N–H and O–H groups in total. The largest absolute Gasteiger partial charge is 0.322 e. The molecule has 0 radical (unpaired) electrons. The van der Waals surface area contributed by atoms with E-state index in [2.05, 4.69) is 5.32 Å². The van der Waals surface area contributed by atoms with Gasteiger partial charge in [0, 0.05) is 23.3 Å². The molecule has 25 heavy (non-hydrogen) atoms. The first-order valence-electron chi connectivity index (χ1n) is 7.79. The van der Waals surface area contributed by atoms with Gasteiger partial charge in [0.15, 0.2) is 0 Å². The SMILES string of the molecule is O=C(/C=C/c1ccc(N2CCCS2(=O)=O)cc1)Nc1cccc(Cl)c1. The van der Waals surface area contributed by atoms with Gasteiger partial charge in [-0.3, -0.25) is 9.10 Å². The van der Waals surface area contributed by atoms with E-state index in [4.69, 9.17) is 11.6 Å². The molecule has 1 amide bonds. The van der Waals surface area contributed by atoms with Gasteiger partial charge in [-0.2, -0.15) is 0 Å². The topological polar surface area (TPSA) is 66.5 Å². The van der Waals surface area contributed by atoms with Crippen molar-refractivity contribution in [3.8, 4) is 0 Å². The number of amides is 1. The molecule has 1 heterocycles. The Morgan fingerprint density at radius 3 is 2.56 bits per heavy atom. The van der Waals surface area contributed by atoms with Crippen molar-refractivity contribution in [2.75, 3.05) is 21.9 Å². The third kappa shape index (κ3) is 4.41. The van der Waals surface area contributed by atoms with Crippen molar-refractivity contribution in [1.29, 1.82) is 0 Å². The van der Waals surface area contributed by atoms with Crippen LogP contribution in [-0.4, -0.2) is 26.6 Å². The van der Waals surface area contributed by atoms with Crippen LogP contribution < -0.4 is 9.62 Å². The number of nitrogens with one attached hydrogen (secondary N) is 1. The van der Waals surface area contributed by atoms with Crippen LogP contribution >= 0.6 is 11.6 Å². The quantitative estimate of drug-likeness (QED) is 0.830. The zero-order chi connectivity index (χ0) is 17.9. The highest BCUT2D eigenvalue weighted by atomic mass is 35.5. The lowest BCUT2D eigenvalue weighted by molar-refractivity contribution is -0.111. The Hall–Kier alpha value is -2.31. The molecule has 0 aromatic heterocycles. The number of rotatable bonds is 4. The van der Waals surface area contributed by atoms with Crippen LogP contribution in [0.25, 0.3) is 6.08 Å². The summed E-state index contributed by atoms with van der Waals surface area (Å²) in [5, 5.41) is 3.27. The second-order valence-electron chi connectivity index (χ2n) is 5.67. The van der Waals surface area contributed by atoms with Crippen LogP contribution in [0.5, 0.6) is 0 Å². The Morgan fingerprint density at radius 1 is 1.16 bits per heavy atom. The first kappa shape index (κ1) is 17.5. The summed E-state index contributed by atoms with van der Waals surface area (Å²) in [7, 11) is -3.18. The minimum atomic E-state index is -3.18. The van der Waals surface area contributed by atoms with Crippen LogP contribution in [0.15, 0.2) is 54.6 Å². The molecule has 0 saturated carbocycles. The molecule has 3 rings (SSSR count). The Balaban J connectivity index is 1.65. The van der Waals surface area contributed by atoms with E-state index >= 15 is 0 Å². The van der Waals surface area contributed by atoms with Crippen LogP contribution in [0, 0.1) is 0 Å². The maximum atomic E-state index is 11.9. The zero-order valence-corrected chi connectivity index (χ0v) is 14.9. The molecule has 2 aromatic rings. The molecule has 0 bridgehead atoms. The van der Waals surface area contributed by atoms with Gasteiger partial charge in [0.2, 0.25) is 15.9 Å². The van der Waals surface area contributed by atoms with E-state index in [1.54, 1.807) is 54.6 Å². The minimum absolute atomic E-state index is 0.193. The molecule has 130 valence electrons. The fourth-order valence-electron chi connectivity index (χ4n) is 2.60. The van der Waals surface area contributed by atoms with Gasteiger partial charge in [0.1, 0.15) is 0 Å². The van der Waals surface area contributed by atoms with Crippen LogP contribution in [0.2, 0.25) is 5.02 Å². The van der Waals surface area contributed by atoms with Crippen molar-refractivity contribution in [2.24, 2.45) is 0 Å². The third-order valence-electron chi connectivity index (χ3n) is 3.80. The lowest BCUT2D eigenvalue weighted by Crippen LogP contribution is -2.24. The maximum absolute atomic E-state index is 11.9. The first-order valence-corrected chi connectivity index (χ1v) is 9.78. The van der Waals surface area contributed by atoms with E-state index in [1.807, 2.05) is 0 Å². The molecule has 1 aliphatic rings. The monoisotopic (exact) mass is 376 g/mol. The molecule has 1 fully saturated rings. The number of hydrogen-bond donors (Lipinski definition) is 1. The lowest BCUT2D eigenvalue weighted by atomic mass is 10.2. The van der Waals surface area contributed by atoms with Gasteiger partial charge in [-0.15, -0.1) is 0 Å². The summed E-state index contributed by atoms with van der Waals surface area (Å²) in [6.45, 7) is 0.513. The molecule has 5 nitrogen and oxygen atoms in total. The highest BCUT2D eigenvalue weighted by molar-refractivity contribution is 7.93. The first-order chi connectivity index (χ1) is 11.9. The molecule has 0 spiro atoms. The maximum Gasteiger partial charge on any atom is 0.248 e. The summed E-state index contributed by atoms with van der Waals surface area (Å²) in [5.41, 5.74) is 2.08. The van der Waals surface area contributed by atoms with Crippen molar-refractivity contribution >= 4 is 45.0 Å². The molecule has 0 atom stereocenters. The molecule has 0 unspecified atom stereocenters. The van der Waals surface area contributed by atoms with E-state index in [0.717, 1.165) is 5.56 Å². The number of carbonyl (C=O) groups excluding carboxylic acids is 1. The standard InChI is InChI=1S/C18H17ClN2O3S/c19-15-3-1-4-16(13-15)20-18(22)10-7-14-5-8-17(9-6-14)21-11-2-12-25(21,23)24/h1,3-10,13H,2,11-12H2,(H,20,22)/b10-7+. The van der Waals surface area contributed by atoms with Gasteiger partial charge in [-0.1, -0.05) is 29.8 Å². The Kier molecular flexibility index (Phi) is 5.11. The van der Waals surface area contributed by atoms with E-state index in [9.17, 15) is 13.2 Å². The predicted molar refractivity (Wildman–Crippen MR) is 101 cm³/mol. The summed E-state index contributed by atoms with van der Waals surface area (Å²) in [6, 6.07) is 14.0. The second-order valence-corrected chi connectivity index (χ2v) is 8.12. The Morgan fingerprint density at radius 2 is 1.92 bits per heavy atom.